The molecule has 174 valence electrons. The summed E-state index contributed by atoms with van der Waals surface area (Å²) in [6, 6.07) is 8.01. The van der Waals surface area contributed by atoms with Crippen LogP contribution < -0.4 is 15.4 Å². The maximum absolute atomic E-state index is 14.2. The fraction of sp³-hybridized carbons (Fsp3) is 0.300. The van der Waals surface area contributed by atoms with Crippen LogP contribution in [0, 0.1) is 0 Å². The second-order valence-corrected chi connectivity index (χ2v) is 6.32. The number of esters is 1. The number of alkyl halides is 6. The summed E-state index contributed by atoms with van der Waals surface area (Å²) in [5.41, 5.74) is -6.88. The van der Waals surface area contributed by atoms with Gasteiger partial charge in [-0.15, -0.1) is 0 Å². The molecule has 32 heavy (non-hydrogen) atoms. The van der Waals surface area contributed by atoms with Gasteiger partial charge in [-0.05, 0) is 43.3 Å². The highest BCUT2D eigenvalue weighted by atomic mass is 19.4. The van der Waals surface area contributed by atoms with Crippen molar-refractivity contribution in [2.24, 2.45) is 0 Å². The summed E-state index contributed by atoms with van der Waals surface area (Å²) in [4.78, 5) is 25.0. The molecular weight excluding hydrogens is 446 g/mol. The zero-order valence-corrected chi connectivity index (χ0v) is 16.7. The summed E-state index contributed by atoms with van der Waals surface area (Å²) in [6.45, 7) is 0.672. The van der Waals surface area contributed by atoms with E-state index < -0.39 is 47.7 Å². The van der Waals surface area contributed by atoms with Gasteiger partial charge < -0.3 is 20.1 Å². The van der Waals surface area contributed by atoms with Gasteiger partial charge in [-0.25, -0.2) is 4.79 Å². The number of carbonyl (C=O) groups is 2. The lowest BCUT2D eigenvalue weighted by atomic mass is 10.1. The van der Waals surface area contributed by atoms with Crippen LogP contribution in [0.2, 0.25) is 0 Å². The molecule has 1 atom stereocenters. The lowest BCUT2D eigenvalue weighted by molar-refractivity contribution is -0.204. The van der Waals surface area contributed by atoms with Crippen molar-refractivity contribution in [3.8, 4) is 5.75 Å². The zero-order valence-electron chi connectivity index (χ0n) is 16.7. The first-order chi connectivity index (χ1) is 14.9. The maximum atomic E-state index is 14.2. The minimum absolute atomic E-state index is 0.297. The lowest BCUT2D eigenvalue weighted by Gasteiger charge is -2.36. The Morgan fingerprint density at radius 3 is 2.03 bits per heavy atom. The van der Waals surface area contributed by atoms with Crippen molar-refractivity contribution in [3.63, 3.8) is 0 Å². The minimum atomic E-state index is -5.60. The predicted molar refractivity (Wildman–Crippen MR) is 101 cm³/mol. The number of carbonyl (C=O) groups excluding carboxylic acids is 2. The third-order valence-electron chi connectivity index (χ3n) is 4.21. The van der Waals surface area contributed by atoms with Crippen molar-refractivity contribution in [1.29, 1.82) is 0 Å². The molecule has 0 unspecified atom stereocenters. The lowest BCUT2D eigenvalue weighted by Crippen LogP contribution is -2.69. The molecule has 2 aromatic rings. The summed E-state index contributed by atoms with van der Waals surface area (Å²) in [5.74, 6) is -3.13. The Bertz CT molecular complexity index is 960. The molecule has 0 aliphatic heterocycles. The smallest absolute Gasteiger partial charge is 0.441 e. The van der Waals surface area contributed by atoms with E-state index in [1.54, 1.807) is 0 Å². The number of benzene rings is 2. The molecule has 6 nitrogen and oxygen atoms in total. The monoisotopic (exact) mass is 464 g/mol. The van der Waals surface area contributed by atoms with Crippen LogP contribution in [-0.4, -0.2) is 37.4 Å². The summed E-state index contributed by atoms with van der Waals surface area (Å²) in [5, 5.41) is 3.02. The van der Waals surface area contributed by atoms with E-state index in [2.05, 4.69) is 4.74 Å². The number of para-hydroxylation sites is 1. The Kier molecular flexibility index (Phi) is 7.27. The van der Waals surface area contributed by atoms with Crippen LogP contribution in [-0.2, 0) is 15.7 Å². The third kappa shape index (κ3) is 5.24. The van der Waals surface area contributed by atoms with Crippen molar-refractivity contribution in [1.82, 2.24) is 5.32 Å². The second kappa shape index (κ2) is 9.37. The minimum Gasteiger partial charge on any atom is -0.497 e. The fourth-order valence-electron chi connectivity index (χ4n) is 2.66. The average molecular weight is 464 g/mol. The SMILES string of the molecule is CCOC(=O)[C@](NC(=O)c1ccc(OC)cc1)(Nc1ccccc1C(F)(F)F)C(F)(F)F. The van der Waals surface area contributed by atoms with E-state index >= 15 is 0 Å². The number of hydrogen-bond acceptors (Lipinski definition) is 5. The van der Waals surface area contributed by atoms with E-state index in [0.717, 1.165) is 24.3 Å². The molecule has 0 saturated carbocycles. The number of nitrogens with one attached hydrogen (secondary N) is 2. The highest BCUT2D eigenvalue weighted by Crippen LogP contribution is 2.39. The molecule has 0 aliphatic carbocycles. The molecule has 2 N–H and O–H groups in total. The van der Waals surface area contributed by atoms with Gasteiger partial charge in [0.2, 0.25) is 0 Å². The normalized spacial score (nSPS) is 13.6. The molecule has 1 amide bonds. The van der Waals surface area contributed by atoms with Crippen molar-refractivity contribution in [3.05, 3.63) is 59.7 Å². The van der Waals surface area contributed by atoms with Crippen LogP contribution in [0.3, 0.4) is 0 Å². The summed E-state index contributed by atoms with van der Waals surface area (Å²) < 4.78 is 91.9. The van der Waals surface area contributed by atoms with Gasteiger partial charge in [0.15, 0.2) is 0 Å². The Morgan fingerprint density at radius 2 is 1.53 bits per heavy atom. The number of rotatable bonds is 7. The van der Waals surface area contributed by atoms with E-state index in [1.165, 1.54) is 36.8 Å². The van der Waals surface area contributed by atoms with Crippen molar-refractivity contribution < 1.29 is 45.4 Å². The molecular formula is C20H18F6N2O4. The number of amides is 1. The van der Waals surface area contributed by atoms with E-state index in [-0.39, 0.29) is 5.56 Å². The van der Waals surface area contributed by atoms with Gasteiger partial charge in [-0.2, -0.15) is 26.3 Å². The molecule has 0 saturated heterocycles. The average Bonchev–Trinajstić information content (AvgIpc) is 2.72. The molecule has 0 fully saturated rings. The highest BCUT2D eigenvalue weighted by molar-refractivity contribution is 5.99. The Labute approximate surface area is 178 Å². The molecule has 0 radical (unpaired) electrons. The van der Waals surface area contributed by atoms with E-state index in [4.69, 9.17) is 4.74 Å². The maximum Gasteiger partial charge on any atom is 0.441 e. The largest absolute Gasteiger partial charge is 0.497 e. The van der Waals surface area contributed by atoms with Crippen LogP contribution in [0.5, 0.6) is 5.75 Å². The molecule has 12 heteroatoms. The molecule has 0 aliphatic rings. The van der Waals surface area contributed by atoms with Gasteiger partial charge in [0, 0.05) is 11.3 Å². The number of methoxy groups -OCH3 is 1. The molecule has 2 rings (SSSR count). The Morgan fingerprint density at radius 1 is 0.938 bits per heavy atom. The fourth-order valence-corrected chi connectivity index (χ4v) is 2.66. The predicted octanol–water partition coefficient (Wildman–Crippen LogP) is 4.38. The molecule has 0 aromatic heterocycles. The van der Waals surface area contributed by atoms with Crippen LogP contribution in [0.4, 0.5) is 32.0 Å². The van der Waals surface area contributed by atoms with E-state index in [0.29, 0.717) is 17.9 Å². The van der Waals surface area contributed by atoms with Gasteiger partial charge in [0.05, 0.1) is 19.3 Å². The first-order valence-corrected chi connectivity index (χ1v) is 9.00. The van der Waals surface area contributed by atoms with Crippen LogP contribution in [0.15, 0.2) is 48.5 Å². The van der Waals surface area contributed by atoms with Gasteiger partial charge in [-0.3, -0.25) is 4.79 Å². The van der Waals surface area contributed by atoms with Gasteiger partial charge in [0.1, 0.15) is 5.75 Å². The Hall–Kier alpha value is -3.44. The second-order valence-electron chi connectivity index (χ2n) is 6.32. The topological polar surface area (TPSA) is 76.7 Å². The third-order valence-corrected chi connectivity index (χ3v) is 4.21. The van der Waals surface area contributed by atoms with E-state index in [1.807, 2.05) is 0 Å². The van der Waals surface area contributed by atoms with E-state index in [9.17, 15) is 35.9 Å². The summed E-state index contributed by atoms with van der Waals surface area (Å²) >= 11 is 0. The number of anilines is 1. The van der Waals surface area contributed by atoms with Gasteiger partial charge in [0.25, 0.3) is 5.91 Å². The molecule has 0 bridgehead atoms. The standard InChI is InChI=1S/C20H18F6N2O4/c1-3-32-17(30)18(20(24,25)26,27-15-7-5-4-6-14(15)19(21,22)23)28-16(29)12-8-10-13(31-2)11-9-12/h4-11,27H,3H2,1-2H3,(H,28,29)/t18-/m1/s1. The van der Waals surface area contributed by atoms with Crippen LogP contribution in [0.25, 0.3) is 0 Å². The first-order valence-electron chi connectivity index (χ1n) is 9.00. The number of ether oxygens (including phenoxy) is 2. The highest BCUT2D eigenvalue weighted by Gasteiger charge is 2.64. The first kappa shape index (κ1) is 24.8. The van der Waals surface area contributed by atoms with Gasteiger partial charge >= 0.3 is 24.0 Å². The molecule has 0 spiro atoms. The van der Waals surface area contributed by atoms with Crippen molar-refractivity contribution in [2.75, 3.05) is 19.0 Å². The van der Waals surface area contributed by atoms with Crippen molar-refractivity contribution in [2.45, 2.75) is 24.9 Å². The summed E-state index contributed by atoms with van der Waals surface area (Å²) in [6.07, 6.45) is -10.6. The van der Waals surface area contributed by atoms with Crippen LogP contribution >= 0.6 is 0 Å². The van der Waals surface area contributed by atoms with Crippen molar-refractivity contribution >= 4 is 17.6 Å². The van der Waals surface area contributed by atoms with Crippen LogP contribution in [0.1, 0.15) is 22.8 Å². The Balaban J connectivity index is 2.59. The number of hydrogen-bond donors (Lipinski definition) is 2. The van der Waals surface area contributed by atoms with Gasteiger partial charge in [-0.1, -0.05) is 12.1 Å². The molecule has 0 heterocycles. The number of halogens is 6. The summed E-state index contributed by atoms with van der Waals surface area (Å²) in [7, 11) is 1.33. The molecule has 2 aromatic carbocycles. The quantitative estimate of drug-likeness (QED) is 0.362. The zero-order chi connectivity index (χ0) is 24.2.